The van der Waals surface area contributed by atoms with Crippen LogP contribution in [-0.2, 0) is 11.2 Å². The van der Waals surface area contributed by atoms with E-state index in [4.69, 9.17) is 16.2 Å². The van der Waals surface area contributed by atoms with Gasteiger partial charge in [0.2, 0.25) is 0 Å². The van der Waals surface area contributed by atoms with Crippen molar-refractivity contribution in [3.63, 3.8) is 0 Å². The maximum atomic E-state index is 13.0. The van der Waals surface area contributed by atoms with E-state index in [1.54, 1.807) is 0 Å². The van der Waals surface area contributed by atoms with Crippen molar-refractivity contribution in [2.45, 2.75) is 19.1 Å². The van der Waals surface area contributed by atoms with Crippen LogP contribution in [0.15, 0.2) is 83.7 Å². The molecule has 1 fully saturated rings. The molecule has 4 heterocycles. The normalized spacial score (nSPS) is 17.0. The molecule has 1 aromatic heterocycles. The Morgan fingerprint density at radius 1 is 1.06 bits per heavy atom. The SMILES string of the molecule is NC1=CC(c2ccc(C(=O)B3CCOCC3)c(N)c2)=CB2C1=BC=C2Cc1ccc2bcccc2c1. The summed E-state index contributed by atoms with van der Waals surface area (Å²) < 4.78 is 5.41. The van der Waals surface area contributed by atoms with Gasteiger partial charge in [0, 0.05) is 0 Å². The van der Waals surface area contributed by atoms with Crippen LogP contribution in [0.5, 0.6) is 0 Å². The molecule has 0 unspecified atom stereocenters. The van der Waals surface area contributed by atoms with Crippen molar-refractivity contribution in [1.82, 2.24) is 0 Å². The molecule has 8 heteroatoms. The van der Waals surface area contributed by atoms with Crippen molar-refractivity contribution in [1.29, 1.82) is 0 Å². The van der Waals surface area contributed by atoms with E-state index in [1.165, 1.54) is 21.7 Å². The molecule has 0 bridgehead atoms. The van der Waals surface area contributed by atoms with Crippen molar-refractivity contribution in [3.05, 3.63) is 100 Å². The zero-order chi connectivity index (χ0) is 24.6. The zero-order valence-electron chi connectivity index (χ0n) is 20.2. The molecule has 0 amide bonds. The predicted molar refractivity (Wildman–Crippen MR) is 155 cm³/mol. The molecule has 0 atom stereocenters. The number of hydrogen-bond donors (Lipinski definition) is 2. The van der Waals surface area contributed by atoms with Crippen LogP contribution in [0.2, 0.25) is 12.6 Å². The van der Waals surface area contributed by atoms with E-state index in [-0.39, 0.29) is 19.1 Å². The van der Waals surface area contributed by atoms with E-state index >= 15 is 0 Å². The van der Waals surface area contributed by atoms with Gasteiger partial charge in [-0.05, 0) is 0 Å². The minimum atomic E-state index is -0.00896. The molecule has 172 valence electrons. The van der Waals surface area contributed by atoms with Gasteiger partial charge in [0.1, 0.15) is 0 Å². The molecular formula is C28H26B4N2O2. The van der Waals surface area contributed by atoms with Crippen LogP contribution in [-0.4, -0.2) is 51.5 Å². The van der Waals surface area contributed by atoms with Crippen molar-refractivity contribution >= 4 is 60.2 Å². The van der Waals surface area contributed by atoms with Gasteiger partial charge in [-0.3, -0.25) is 0 Å². The summed E-state index contributed by atoms with van der Waals surface area (Å²) in [5.41, 5.74) is 19.6. The molecule has 3 aliphatic rings. The molecule has 0 spiro atoms. The van der Waals surface area contributed by atoms with Crippen LogP contribution in [0, 0.1) is 0 Å². The number of anilines is 1. The molecule has 4 N–H and O–H groups in total. The number of nitrogens with two attached hydrogens (primary N) is 2. The standard InChI is InChI=1S/C28H26B4N2O2/c33-25-14-19(4-5-23(25)28(35)31-8-10-36-11-9-31)21-15-26(34)27-30-16-22(32(27)17-21)13-18-3-6-24-20(12-18)2-1-7-29-24/h1-7,12,14-17H,8-11,13,33-34H2. The maximum absolute atomic E-state index is 13.0. The van der Waals surface area contributed by atoms with Gasteiger partial charge < -0.3 is 4.74 Å². The van der Waals surface area contributed by atoms with E-state index in [0.29, 0.717) is 24.5 Å². The summed E-state index contributed by atoms with van der Waals surface area (Å²) in [5, 5.41) is 3.66. The summed E-state index contributed by atoms with van der Waals surface area (Å²) in [5.74, 6) is 6.55. The van der Waals surface area contributed by atoms with Crippen molar-refractivity contribution in [2.75, 3.05) is 18.9 Å². The monoisotopic (exact) mass is 466 g/mol. The molecule has 0 radical (unpaired) electrons. The third-order valence-electron chi connectivity index (χ3n) is 7.67. The second-order valence-electron chi connectivity index (χ2n) is 9.97. The fourth-order valence-electron chi connectivity index (χ4n) is 5.63. The van der Waals surface area contributed by atoms with Crippen LogP contribution in [0.25, 0.3) is 16.2 Å². The third kappa shape index (κ3) is 4.35. The molecule has 4 nitrogen and oxygen atoms in total. The van der Waals surface area contributed by atoms with Gasteiger partial charge >= 0.3 is 209 Å². The Hall–Kier alpha value is -3.37. The number of ether oxygens (including phenoxy) is 1. The fraction of sp³-hybridized carbons (Fsp3) is 0.179. The van der Waals surface area contributed by atoms with Crippen LogP contribution in [0.1, 0.15) is 21.5 Å². The topological polar surface area (TPSA) is 78.3 Å². The van der Waals surface area contributed by atoms with E-state index in [0.717, 1.165) is 41.3 Å². The number of rotatable bonds is 5. The first kappa shape index (κ1) is 23.1. The molecule has 6 rings (SSSR count). The van der Waals surface area contributed by atoms with Crippen LogP contribution in [0.4, 0.5) is 5.69 Å². The van der Waals surface area contributed by atoms with Gasteiger partial charge in [-0.15, -0.1) is 0 Å². The fourth-order valence-corrected chi connectivity index (χ4v) is 5.63. The van der Waals surface area contributed by atoms with E-state index in [9.17, 15) is 4.79 Å². The first-order valence-electron chi connectivity index (χ1n) is 12.7. The summed E-state index contributed by atoms with van der Waals surface area (Å²) in [4.78, 5) is 13.0. The van der Waals surface area contributed by atoms with Gasteiger partial charge in [-0.2, -0.15) is 0 Å². The molecular weight excluding hydrogens is 440 g/mol. The molecule has 2 aromatic carbocycles. The Labute approximate surface area is 213 Å². The average molecular weight is 466 g/mol. The van der Waals surface area contributed by atoms with Crippen molar-refractivity contribution < 1.29 is 9.53 Å². The van der Waals surface area contributed by atoms with Gasteiger partial charge in [-0.25, -0.2) is 0 Å². The Morgan fingerprint density at radius 2 is 1.92 bits per heavy atom. The Bertz CT molecular complexity index is 1500. The van der Waals surface area contributed by atoms with Crippen LogP contribution < -0.4 is 11.5 Å². The number of carbonyl (C=O) groups is 1. The zero-order valence-corrected chi connectivity index (χ0v) is 20.2. The first-order valence-corrected chi connectivity index (χ1v) is 12.7. The molecule has 0 saturated carbocycles. The molecule has 36 heavy (non-hydrogen) atoms. The second-order valence-corrected chi connectivity index (χ2v) is 9.97. The van der Waals surface area contributed by atoms with E-state index in [1.807, 2.05) is 24.3 Å². The first-order chi connectivity index (χ1) is 17.6. The summed E-state index contributed by atoms with van der Waals surface area (Å²) in [6.07, 6.45) is 4.40. The number of benzene rings is 2. The third-order valence-corrected chi connectivity index (χ3v) is 7.67. The number of fused-ring (bicyclic) bond motifs is 2. The summed E-state index contributed by atoms with van der Waals surface area (Å²) >= 11 is 0. The van der Waals surface area contributed by atoms with E-state index in [2.05, 4.69) is 62.1 Å². The Kier molecular flexibility index (Phi) is 6.14. The molecule has 3 aliphatic heterocycles. The molecule has 3 aromatic rings. The number of carbonyl (C=O) groups excluding carboxylic acids is 1. The molecule has 0 aliphatic carbocycles. The number of allylic oxidation sites excluding steroid dienone is 4. The summed E-state index contributed by atoms with van der Waals surface area (Å²) in [6.45, 7) is 5.69. The molecule has 1 saturated heterocycles. The summed E-state index contributed by atoms with van der Waals surface area (Å²) in [6, 6.07) is 16.7. The van der Waals surface area contributed by atoms with E-state index < -0.39 is 0 Å². The van der Waals surface area contributed by atoms with Gasteiger partial charge in [0.25, 0.3) is 0 Å². The summed E-state index contributed by atoms with van der Waals surface area (Å²) in [7, 11) is 0. The van der Waals surface area contributed by atoms with Crippen LogP contribution in [0.3, 0.4) is 0 Å². The van der Waals surface area contributed by atoms with Crippen molar-refractivity contribution in [2.24, 2.45) is 5.73 Å². The minimum absolute atomic E-state index is 0.00896. The van der Waals surface area contributed by atoms with Gasteiger partial charge in [0.05, 0.1) is 0 Å². The Morgan fingerprint density at radius 3 is 2.75 bits per heavy atom. The Balaban J connectivity index is 1.25. The predicted octanol–water partition coefficient (Wildman–Crippen LogP) is 3.38. The van der Waals surface area contributed by atoms with Crippen LogP contribution >= 0.6 is 0 Å². The van der Waals surface area contributed by atoms with Gasteiger partial charge in [-0.1, -0.05) is 0 Å². The van der Waals surface area contributed by atoms with Gasteiger partial charge in [0.15, 0.2) is 0 Å². The average Bonchev–Trinajstić information content (AvgIpc) is 3.31. The number of nitrogen functional groups attached to an aromatic ring is 1. The quantitative estimate of drug-likeness (QED) is 0.447. The number of hydrogen-bond acceptors (Lipinski definition) is 4. The van der Waals surface area contributed by atoms with Crippen molar-refractivity contribution in [3.8, 4) is 0 Å². The second kappa shape index (κ2) is 9.59.